The van der Waals surface area contributed by atoms with Crippen LogP contribution in [0, 0.1) is 11.8 Å². The van der Waals surface area contributed by atoms with Crippen LogP contribution in [-0.2, 0) is 0 Å². The summed E-state index contributed by atoms with van der Waals surface area (Å²) in [4.78, 5) is 22.0. The maximum atomic E-state index is 14.5. The lowest BCUT2D eigenvalue weighted by molar-refractivity contribution is 0.0957. The van der Waals surface area contributed by atoms with Gasteiger partial charge in [0.1, 0.15) is 6.17 Å². The molecule has 0 radical (unpaired) electrons. The van der Waals surface area contributed by atoms with Gasteiger partial charge in [-0.2, -0.15) is 4.98 Å². The van der Waals surface area contributed by atoms with Crippen molar-refractivity contribution in [2.24, 2.45) is 11.8 Å². The molecule has 1 saturated carbocycles. The van der Waals surface area contributed by atoms with Gasteiger partial charge in [0.25, 0.3) is 5.56 Å². The minimum Gasteiger partial charge on any atom is -0.396 e. The average molecular weight is 297 g/mol. The van der Waals surface area contributed by atoms with E-state index in [1.165, 1.54) is 10.9 Å². The molecule has 0 unspecified atom stereocenters. The van der Waals surface area contributed by atoms with Crippen molar-refractivity contribution in [2.45, 2.75) is 18.6 Å². The lowest BCUT2D eigenvalue weighted by atomic mass is 9.97. The number of anilines is 1. The second-order valence-corrected chi connectivity index (χ2v) is 5.31. The zero-order valence-electron chi connectivity index (χ0n) is 11.1. The minimum atomic E-state index is -1.35. The zero-order chi connectivity index (χ0) is 15.1. The van der Waals surface area contributed by atoms with Gasteiger partial charge in [-0.05, 0) is 12.3 Å². The van der Waals surface area contributed by atoms with E-state index in [0.717, 1.165) is 0 Å². The largest absolute Gasteiger partial charge is 0.396 e. The quantitative estimate of drug-likeness (QED) is 0.587. The van der Waals surface area contributed by atoms with E-state index in [-0.39, 0.29) is 36.2 Å². The van der Waals surface area contributed by atoms with Crippen LogP contribution in [0.25, 0.3) is 11.2 Å². The SMILES string of the molecule is Nc1nc2c(ncn2[C@H]2C[C@H](CO)[C@@H](CO)[C@H]2F)c(=O)[nH]1. The van der Waals surface area contributed by atoms with Crippen LogP contribution in [0.2, 0.25) is 0 Å². The lowest BCUT2D eigenvalue weighted by Gasteiger charge is -2.18. The second kappa shape index (κ2) is 5.08. The molecular weight excluding hydrogens is 281 g/mol. The summed E-state index contributed by atoms with van der Waals surface area (Å²) < 4.78 is 16.0. The van der Waals surface area contributed by atoms with Crippen LogP contribution in [-0.4, -0.2) is 49.1 Å². The van der Waals surface area contributed by atoms with Crippen LogP contribution >= 0.6 is 0 Å². The Morgan fingerprint density at radius 3 is 2.86 bits per heavy atom. The van der Waals surface area contributed by atoms with E-state index in [1.54, 1.807) is 0 Å². The van der Waals surface area contributed by atoms with Crippen molar-refractivity contribution in [2.75, 3.05) is 18.9 Å². The fourth-order valence-electron chi connectivity index (χ4n) is 3.07. The van der Waals surface area contributed by atoms with E-state index in [9.17, 15) is 19.4 Å². The molecule has 2 heterocycles. The van der Waals surface area contributed by atoms with Gasteiger partial charge in [-0.15, -0.1) is 0 Å². The van der Waals surface area contributed by atoms with Crippen molar-refractivity contribution in [1.82, 2.24) is 19.5 Å². The predicted octanol–water partition coefficient (Wildman–Crippen LogP) is -0.798. The minimum absolute atomic E-state index is 0.0694. The molecule has 2 aromatic rings. The monoisotopic (exact) mass is 297 g/mol. The first-order chi connectivity index (χ1) is 10.1. The maximum Gasteiger partial charge on any atom is 0.280 e. The van der Waals surface area contributed by atoms with Crippen molar-refractivity contribution in [3.63, 3.8) is 0 Å². The molecular formula is C12H16FN5O3. The van der Waals surface area contributed by atoms with Crippen molar-refractivity contribution < 1.29 is 14.6 Å². The van der Waals surface area contributed by atoms with Crippen molar-refractivity contribution in [3.05, 3.63) is 16.7 Å². The third kappa shape index (κ3) is 2.09. The van der Waals surface area contributed by atoms with E-state index in [1.807, 2.05) is 0 Å². The van der Waals surface area contributed by atoms with Crippen LogP contribution in [0.5, 0.6) is 0 Å². The number of fused-ring (bicyclic) bond motifs is 1. The summed E-state index contributed by atoms with van der Waals surface area (Å²) in [6.07, 6.45) is 0.326. The van der Waals surface area contributed by atoms with Gasteiger partial charge in [-0.25, -0.2) is 9.37 Å². The van der Waals surface area contributed by atoms with Gasteiger partial charge in [-0.1, -0.05) is 0 Å². The Hall–Kier alpha value is -2.00. The van der Waals surface area contributed by atoms with Gasteiger partial charge in [-0.3, -0.25) is 9.78 Å². The number of aromatic amines is 1. The van der Waals surface area contributed by atoms with E-state index < -0.39 is 23.7 Å². The highest BCUT2D eigenvalue weighted by Gasteiger charge is 2.44. The maximum absolute atomic E-state index is 14.5. The molecule has 0 saturated heterocycles. The summed E-state index contributed by atoms with van der Waals surface area (Å²) in [6, 6.07) is -0.641. The molecule has 4 atom stereocenters. The molecule has 5 N–H and O–H groups in total. The molecule has 0 aromatic carbocycles. The number of nitrogens with zero attached hydrogens (tertiary/aromatic N) is 3. The summed E-state index contributed by atoms with van der Waals surface area (Å²) in [5, 5.41) is 18.6. The Balaban J connectivity index is 2.07. The second-order valence-electron chi connectivity index (χ2n) is 5.31. The summed E-state index contributed by atoms with van der Waals surface area (Å²) in [7, 11) is 0. The van der Waals surface area contributed by atoms with Gasteiger partial charge in [0.2, 0.25) is 5.95 Å². The van der Waals surface area contributed by atoms with Crippen LogP contribution in [0.15, 0.2) is 11.1 Å². The highest BCUT2D eigenvalue weighted by molar-refractivity contribution is 5.70. The summed E-state index contributed by atoms with van der Waals surface area (Å²) in [5.41, 5.74) is 5.32. The predicted molar refractivity (Wildman–Crippen MR) is 72.3 cm³/mol. The molecule has 114 valence electrons. The molecule has 1 aliphatic rings. The first kappa shape index (κ1) is 14.0. The number of hydrogen-bond acceptors (Lipinski definition) is 6. The van der Waals surface area contributed by atoms with Gasteiger partial charge >= 0.3 is 0 Å². The van der Waals surface area contributed by atoms with Gasteiger partial charge in [0.05, 0.1) is 12.4 Å². The fourth-order valence-corrected chi connectivity index (χ4v) is 3.07. The zero-order valence-corrected chi connectivity index (χ0v) is 11.1. The molecule has 0 spiro atoms. The number of H-pyrrole nitrogens is 1. The molecule has 0 amide bonds. The van der Waals surface area contributed by atoms with E-state index in [0.29, 0.717) is 6.42 Å². The number of aliphatic hydroxyl groups excluding tert-OH is 2. The molecule has 3 rings (SSSR count). The lowest BCUT2D eigenvalue weighted by Crippen LogP contribution is -2.25. The number of nitrogens with two attached hydrogens (primary N) is 1. The van der Waals surface area contributed by atoms with Crippen molar-refractivity contribution in [1.29, 1.82) is 0 Å². The van der Waals surface area contributed by atoms with Gasteiger partial charge in [0, 0.05) is 19.1 Å². The topological polar surface area (TPSA) is 130 Å². The number of rotatable bonds is 3. The van der Waals surface area contributed by atoms with Crippen LogP contribution in [0.1, 0.15) is 12.5 Å². The number of aliphatic hydroxyl groups is 2. The first-order valence-corrected chi connectivity index (χ1v) is 6.65. The normalized spacial score (nSPS) is 29.3. The van der Waals surface area contributed by atoms with E-state index in [2.05, 4.69) is 15.0 Å². The summed E-state index contributed by atoms with van der Waals surface area (Å²) in [6.45, 7) is -0.545. The number of nitrogen functional groups attached to an aromatic ring is 1. The molecule has 1 fully saturated rings. The van der Waals surface area contributed by atoms with E-state index in [4.69, 9.17) is 5.73 Å². The first-order valence-electron chi connectivity index (χ1n) is 6.65. The summed E-state index contributed by atoms with van der Waals surface area (Å²) >= 11 is 0. The van der Waals surface area contributed by atoms with Crippen LogP contribution in [0.4, 0.5) is 10.3 Å². The third-order valence-electron chi connectivity index (χ3n) is 4.18. The summed E-state index contributed by atoms with van der Waals surface area (Å²) in [5.74, 6) is -1.05. The molecule has 21 heavy (non-hydrogen) atoms. The average Bonchev–Trinajstić information content (AvgIpc) is 2.99. The molecule has 1 aliphatic carbocycles. The Morgan fingerprint density at radius 2 is 2.24 bits per heavy atom. The molecule has 8 nitrogen and oxygen atoms in total. The third-order valence-corrected chi connectivity index (χ3v) is 4.18. The number of imidazole rings is 1. The smallest absolute Gasteiger partial charge is 0.280 e. The molecule has 0 aliphatic heterocycles. The number of alkyl halides is 1. The number of halogens is 1. The van der Waals surface area contributed by atoms with E-state index >= 15 is 0 Å². The van der Waals surface area contributed by atoms with Crippen molar-refractivity contribution in [3.8, 4) is 0 Å². The number of nitrogens with one attached hydrogen (secondary N) is 1. The number of aromatic nitrogens is 4. The highest BCUT2D eigenvalue weighted by atomic mass is 19.1. The van der Waals surface area contributed by atoms with Crippen LogP contribution in [0.3, 0.4) is 0 Å². The molecule has 2 aromatic heterocycles. The standard InChI is InChI=1S/C12H16FN5O3/c13-8-6(3-20)5(2-19)1-7(8)18-4-15-9-10(18)16-12(14)17-11(9)21/h4-8,19-20H,1-3H2,(H3,14,16,17,21)/t5-,6-,7+,8-/m1/s1. The Bertz CT molecular complexity index is 714. The van der Waals surface area contributed by atoms with Gasteiger partial charge < -0.3 is 20.5 Å². The molecule has 0 bridgehead atoms. The fraction of sp³-hybridized carbons (Fsp3) is 0.583. The highest BCUT2D eigenvalue weighted by Crippen LogP contribution is 2.42. The Kier molecular flexibility index (Phi) is 3.38. The number of hydrogen-bond donors (Lipinski definition) is 4. The van der Waals surface area contributed by atoms with Crippen molar-refractivity contribution >= 4 is 17.1 Å². The Labute approximate surface area is 118 Å². The molecule has 9 heteroatoms. The Morgan fingerprint density at radius 1 is 1.48 bits per heavy atom. The van der Waals surface area contributed by atoms with Gasteiger partial charge in [0.15, 0.2) is 11.2 Å². The van der Waals surface area contributed by atoms with Crippen LogP contribution < -0.4 is 11.3 Å².